The third kappa shape index (κ3) is 4.29. The number of nitrogens with one attached hydrogen (secondary N) is 3. The topological polar surface area (TPSA) is 139 Å². The van der Waals surface area contributed by atoms with Gasteiger partial charge in [-0.2, -0.15) is 5.10 Å². The maximum atomic E-state index is 12.8. The molecule has 4 heterocycles. The number of fused-ring (bicyclic) bond motifs is 2. The van der Waals surface area contributed by atoms with Crippen molar-refractivity contribution in [2.24, 2.45) is 0 Å². The molecule has 0 radical (unpaired) electrons. The monoisotopic (exact) mass is 449 g/mol. The highest BCUT2D eigenvalue weighted by atomic mass is 16.6. The predicted molar refractivity (Wildman–Crippen MR) is 119 cm³/mol. The number of ether oxygens (including phenoxy) is 2. The van der Waals surface area contributed by atoms with Crippen molar-refractivity contribution >= 4 is 22.8 Å². The first-order valence-electron chi connectivity index (χ1n) is 10.6. The summed E-state index contributed by atoms with van der Waals surface area (Å²) in [7, 11) is 0. The lowest BCUT2D eigenvalue weighted by molar-refractivity contribution is -0.101. The molecule has 4 N–H and O–H groups in total. The van der Waals surface area contributed by atoms with Gasteiger partial charge in [-0.3, -0.25) is 15.0 Å². The van der Waals surface area contributed by atoms with Crippen LogP contribution in [0.5, 0.6) is 11.6 Å². The summed E-state index contributed by atoms with van der Waals surface area (Å²) >= 11 is 0. The number of aliphatic hydroxyl groups excluding tert-OH is 1. The van der Waals surface area contributed by atoms with Gasteiger partial charge in [0.15, 0.2) is 12.1 Å². The Morgan fingerprint density at radius 2 is 2.21 bits per heavy atom. The molecule has 3 aromatic heterocycles. The van der Waals surface area contributed by atoms with Gasteiger partial charge in [0.25, 0.3) is 0 Å². The van der Waals surface area contributed by atoms with E-state index in [1.165, 1.54) is 17.0 Å². The number of aromatic amines is 1. The van der Waals surface area contributed by atoms with E-state index in [9.17, 15) is 9.90 Å². The normalized spacial score (nSPS) is 14.1. The van der Waals surface area contributed by atoms with E-state index in [0.717, 1.165) is 29.6 Å². The van der Waals surface area contributed by atoms with Crippen LogP contribution in [0.25, 0.3) is 10.9 Å². The molecule has 11 heteroatoms. The minimum atomic E-state index is -1.13. The summed E-state index contributed by atoms with van der Waals surface area (Å²) in [5, 5.41) is 23.3. The van der Waals surface area contributed by atoms with Crippen molar-refractivity contribution in [3.63, 3.8) is 0 Å². The minimum Gasteiger partial charge on any atom is -0.439 e. The van der Waals surface area contributed by atoms with Crippen LogP contribution in [0.4, 0.5) is 10.6 Å². The quantitative estimate of drug-likeness (QED) is 0.330. The molecule has 1 atom stereocenters. The lowest BCUT2D eigenvalue weighted by Crippen LogP contribution is -2.25. The van der Waals surface area contributed by atoms with Gasteiger partial charge in [0.1, 0.15) is 12.1 Å². The van der Waals surface area contributed by atoms with Crippen LogP contribution < -0.4 is 15.4 Å². The first kappa shape index (κ1) is 21.1. The van der Waals surface area contributed by atoms with E-state index in [0.29, 0.717) is 36.0 Å². The Hall–Kier alpha value is -3.80. The van der Waals surface area contributed by atoms with Gasteiger partial charge in [-0.15, -0.1) is 0 Å². The third-order valence-electron chi connectivity index (χ3n) is 5.36. The molecule has 0 fully saturated rings. The highest BCUT2D eigenvalue weighted by molar-refractivity contribution is 5.98. The Balaban J connectivity index is 1.33. The second-order valence-corrected chi connectivity index (χ2v) is 7.49. The van der Waals surface area contributed by atoms with Crippen molar-refractivity contribution in [2.45, 2.75) is 26.2 Å². The molecule has 170 valence electrons. The van der Waals surface area contributed by atoms with Crippen molar-refractivity contribution in [2.75, 3.05) is 18.5 Å². The molecule has 1 amide bonds. The number of carbonyl (C=O) groups is 1. The zero-order valence-corrected chi connectivity index (χ0v) is 17.9. The summed E-state index contributed by atoms with van der Waals surface area (Å²) in [5.74, 6) is 1.46. The number of amides is 1. The molecule has 0 spiro atoms. The Morgan fingerprint density at radius 3 is 3.09 bits per heavy atom. The number of carbonyl (C=O) groups excluding carboxylic acids is 1. The van der Waals surface area contributed by atoms with E-state index in [2.05, 4.69) is 30.8 Å². The van der Waals surface area contributed by atoms with E-state index in [4.69, 9.17) is 9.47 Å². The summed E-state index contributed by atoms with van der Waals surface area (Å²) in [6, 6.07) is 8.44. The van der Waals surface area contributed by atoms with E-state index < -0.39 is 6.29 Å². The molecule has 1 aliphatic rings. The van der Waals surface area contributed by atoms with Gasteiger partial charge in [0.2, 0.25) is 5.88 Å². The molecule has 0 bridgehead atoms. The third-order valence-corrected chi connectivity index (χ3v) is 5.36. The molecule has 4 aromatic rings. The van der Waals surface area contributed by atoms with Gasteiger partial charge in [0.05, 0.1) is 16.9 Å². The van der Waals surface area contributed by atoms with Gasteiger partial charge >= 0.3 is 6.03 Å². The standard InChI is InChI=1S/C22H23N7O4/c1-2-32-21(30)16-10-19(28-27-16)26-22(31)29-8-6-13-9-14(3-4-18(13)29)33-20-15-5-7-23-11-17(15)24-12-25-20/h3-4,6,8-10,12,21,23,30H,2,5,7,11H2,1H3,(H2,26,27,28,31). The number of aliphatic hydroxyl groups is 1. The first-order chi connectivity index (χ1) is 16.1. The number of benzene rings is 1. The van der Waals surface area contributed by atoms with Crippen LogP contribution in [0.2, 0.25) is 0 Å². The summed E-state index contributed by atoms with van der Waals surface area (Å²) in [6.07, 6.45) is 2.86. The lowest BCUT2D eigenvalue weighted by atomic mass is 10.1. The van der Waals surface area contributed by atoms with Crippen LogP contribution >= 0.6 is 0 Å². The van der Waals surface area contributed by atoms with Crippen molar-refractivity contribution in [1.29, 1.82) is 0 Å². The van der Waals surface area contributed by atoms with Crippen molar-refractivity contribution in [1.82, 2.24) is 30.0 Å². The molecule has 1 unspecified atom stereocenters. The summed E-state index contributed by atoms with van der Waals surface area (Å²) in [4.78, 5) is 21.4. The second-order valence-electron chi connectivity index (χ2n) is 7.49. The average Bonchev–Trinajstić information content (AvgIpc) is 3.46. The number of anilines is 1. The fraction of sp³-hybridized carbons (Fsp3) is 0.273. The number of aromatic nitrogens is 5. The maximum Gasteiger partial charge on any atom is 0.331 e. The summed E-state index contributed by atoms with van der Waals surface area (Å²) < 4.78 is 12.6. The summed E-state index contributed by atoms with van der Waals surface area (Å²) in [5.41, 5.74) is 3.03. The molecular formula is C22H23N7O4. The number of hydrogen-bond donors (Lipinski definition) is 4. The Labute approximate surface area is 188 Å². The molecule has 5 rings (SSSR count). The molecule has 11 nitrogen and oxygen atoms in total. The van der Waals surface area contributed by atoms with Gasteiger partial charge in [-0.25, -0.2) is 14.8 Å². The minimum absolute atomic E-state index is 0.276. The highest BCUT2D eigenvalue weighted by Crippen LogP contribution is 2.29. The SMILES string of the molecule is CCOC(O)c1cc(NC(=O)n2ccc3cc(Oc4ncnc5c4CCNC5)ccc32)n[nH]1. The van der Waals surface area contributed by atoms with Crippen molar-refractivity contribution in [3.8, 4) is 11.6 Å². The molecule has 33 heavy (non-hydrogen) atoms. The van der Waals surface area contributed by atoms with E-state index in [1.807, 2.05) is 18.2 Å². The van der Waals surface area contributed by atoms with Crippen molar-refractivity contribution < 1.29 is 19.4 Å². The van der Waals surface area contributed by atoms with E-state index in [-0.39, 0.29) is 11.8 Å². The average molecular weight is 449 g/mol. The van der Waals surface area contributed by atoms with Gasteiger partial charge in [-0.05, 0) is 44.2 Å². The second kappa shape index (κ2) is 8.98. The van der Waals surface area contributed by atoms with E-state index >= 15 is 0 Å². The number of nitrogens with zero attached hydrogens (tertiary/aromatic N) is 4. The van der Waals surface area contributed by atoms with Gasteiger partial charge < -0.3 is 19.9 Å². The number of hydrogen-bond acceptors (Lipinski definition) is 8. The first-order valence-corrected chi connectivity index (χ1v) is 10.6. The van der Waals surface area contributed by atoms with E-state index in [1.54, 1.807) is 19.2 Å². The Bertz CT molecular complexity index is 1300. The smallest absolute Gasteiger partial charge is 0.331 e. The number of H-pyrrole nitrogens is 1. The van der Waals surface area contributed by atoms with Gasteiger partial charge in [-0.1, -0.05) is 0 Å². The Kier molecular flexibility index (Phi) is 5.73. The van der Waals surface area contributed by atoms with Crippen LogP contribution in [0, 0.1) is 0 Å². The predicted octanol–water partition coefficient (Wildman–Crippen LogP) is 2.70. The molecule has 1 aliphatic heterocycles. The van der Waals surface area contributed by atoms with Crippen LogP contribution in [0.1, 0.15) is 30.2 Å². The van der Waals surface area contributed by atoms with Crippen LogP contribution in [-0.2, 0) is 17.7 Å². The van der Waals surface area contributed by atoms with Crippen LogP contribution in [0.15, 0.2) is 42.9 Å². The fourth-order valence-corrected chi connectivity index (χ4v) is 3.76. The Morgan fingerprint density at radius 1 is 1.30 bits per heavy atom. The maximum absolute atomic E-state index is 12.8. The zero-order valence-electron chi connectivity index (χ0n) is 17.9. The fourth-order valence-electron chi connectivity index (χ4n) is 3.76. The molecule has 0 saturated carbocycles. The molecule has 0 aliphatic carbocycles. The lowest BCUT2D eigenvalue weighted by Gasteiger charge is -2.18. The van der Waals surface area contributed by atoms with Crippen molar-refractivity contribution in [3.05, 3.63) is 59.8 Å². The molecular weight excluding hydrogens is 426 g/mol. The largest absolute Gasteiger partial charge is 0.439 e. The number of rotatable bonds is 6. The zero-order chi connectivity index (χ0) is 22.8. The van der Waals surface area contributed by atoms with Gasteiger partial charge in [0, 0.05) is 36.4 Å². The van der Waals surface area contributed by atoms with Crippen LogP contribution in [0.3, 0.4) is 0 Å². The summed E-state index contributed by atoms with van der Waals surface area (Å²) in [6.45, 7) is 3.68. The van der Waals surface area contributed by atoms with Crippen LogP contribution in [-0.4, -0.2) is 49.0 Å². The highest BCUT2D eigenvalue weighted by Gasteiger charge is 2.18. The molecule has 1 aromatic carbocycles. The molecule has 0 saturated heterocycles.